The summed E-state index contributed by atoms with van der Waals surface area (Å²) in [5.41, 5.74) is 1.63. The summed E-state index contributed by atoms with van der Waals surface area (Å²) in [4.78, 5) is 37.9. The lowest BCUT2D eigenvalue weighted by molar-refractivity contribution is -0.165. The molecule has 3 heterocycles. The molecule has 0 radical (unpaired) electrons. The van der Waals surface area contributed by atoms with Gasteiger partial charge in [-0.25, -0.2) is 4.98 Å². The number of ether oxygens (including phenoxy) is 3. The van der Waals surface area contributed by atoms with E-state index in [-0.39, 0.29) is 30.1 Å². The van der Waals surface area contributed by atoms with Crippen molar-refractivity contribution in [2.45, 2.75) is 98.2 Å². The third-order valence-corrected chi connectivity index (χ3v) is 13.5. The SMILES string of the molecule is CCOP(=O)(CC[C@H]1O[C@@H](n2cnc3c(NCc4ccccc4)nc(Cl)nc32)[C@H](OC(C)=O)[C@@H]1OC(C)=O)CP(=O)(OC(C)C)OC(C)C. The highest BCUT2D eigenvalue weighted by Gasteiger charge is 2.51. The lowest BCUT2D eigenvalue weighted by atomic mass is 10.1. The number of carbonyl (C=O) groups excluding carboxylic acids is 2. The maximum atomic E-state index is 14.2. The van der Waals surface area contributed by atoms with E-state index < -0.39 is 69.6 Å². The summed E-state index contributed by atoms with van der Waals surface area (Å²) >= 11 is 6.35. The summed E-state index contributed by atoms with van der Waals surface area (Å²) in [6.45, 7) is 11.4. The highest BCUT2D eigenvalue weighted by atomic mass is 35.5. The summed E-state index contributed by atoms with van der Waals surface area (Å²) in [5.74, 6) is -1.41. The van der Waals surface area contributed by atoms with E-state index >= 15 is 0 Å². The quantitative estimate of drug-likeness (QED) is 0.0892. The van der Waals surface area contributed by atoms with E-state index in [1.165, 1.54) is 24.7 Å². The number of hydrogen-bond acceptors (Lipinski definition) is 14. The van der Waals surface area contributed by atoms with Crippen molar-refractivity contribution in [3.8, 4) is 0 Å². The van der Waals surface area contributed by atoms with Gasteiger partial charge in [0.05, 0.1) is 25.1 Å². The van der Waals surface area contributed by atoms with Crippen molar-refractivity contribution in [1.82, 2.24) is 19.5 Å². The van der Waals surface area contributed by atoms with Crippen LogP contribution in [0.25, 0.3) is 11.2 Å². The molecule has 0 spiro atoms. The van der Waals surface area contributed by atoms with Crippen LogP contribution >= 0.6 is 26.6 Å². The number of esters is 2. The molecule has 1 aliphatic heterocycles. The fourth-order valence-electron chi connectivity index (χ4n) is 5.53. The number of rotatable bonds is 17. The van der Waals surface area contributed by atoms with Gasteiger partial charge >= 0.3 is 19.5 Å². The first-order valence-corrected chi connectivity index (χ1v) is 20.1. The van der Waals surface area contributed by atoms with Crippen LogP contribution in [0.4, 0.5) is 5.82 Å². The van der Waals surface area contributed by atoms with Gasteiger partial charge in [-0.15, -0.1) is 0 Å². The van der Waals surface area contributed by atoms with Crippen molar-refractivity contribution in [2.24, 2.45) is 0 Å². The van der Waals surface area contributed by atoms with Crippen LogP contribution in [-0.4, -0.2) is 80.6 Å². The molecule has 4 rings (SSSR count). The van der Waals surface area contributed by atoms with Crippen LogP contribution in [0.5, 0.6) is 0 Å². The maximum absolute atomic E-state index is 14.2. The largest absolute Gasteiger partial charge is 0.456 e. The number of anilines is 1. The molecule has 0 saturated carbocycles. The molecule has 1 N–H and O–H groups in total. The second-order valence-corrected chi connectivity index (χ2v) is 17.5. The van der Waals surface area contributed by atoms with Gasteiger partial charge < -0.3 is 33.1 Å². The van der Waals surface area contributed by atoms with E-state index in [2.05, 4.69) is 20.3 Å². The number of carbonyl (C=O) groups is 2. The average Bonchev–Trinajstić information content (AvgIpc) is 3.54. The molecule has 15 nitrogen and oxygen atoms in total. The van der Waals surface area contributed by atoms with Gasteiger partial charge in [0.15, 0.2) is 35.4 Å². The van der Waals surface area contributed by atoms with Crippen LogP contribution in [0.1, 0.15) is 66.7 Å². The second kappa shape index (κ2) is 16.9. The Kier molecular flexibility index (Phi) is 13.4. The molecule has 1 fully saturated rings. The first-order chi connectivity index (χ1) is 23.1. The Hall–Kier alpha value is -2.90. The molecule has 0 bridgehead atoms. The third kappa shape index (κ3) is 10.6. The average molecular weight is 744 g/mol. The number of imidazole rings is 1. The fraction of sp³-hybridized carbons (Fsp3) is 0.581. The van der Waals surface area contributed by atoms with Gasteiger partial charge in [-0.05, 0) is 58.2 Å². The lowest BCUT2D eigenvalue weighted by Gasteiger charge is -2.28. The minimum atomic E-state index is -3.86. The van der Waals surface area contributed by atoms with E-state index in [4.69, 9.17) is 39.4 Å². The van der Waals surface area contributed by atoms with Crippen molar-refractivity contribution in [1.29, 1.82) is 0 Å². The summed E-state index contributed by atoms with van der Waals surface area (Å²) in [6.07, 6.45) is -3.97. The van der Waals surface area contributed by atoms with Gasteiger partial charge in [0.25, 0.3) is 0 Å². The van der Waals surface area contributed by atoms with Crippen LogP contribution < -0.4 is 5.32 Å². The maximum Gasteiger partial charge on any atom is 0.340 e. The highest BCUT2D eigenvalue weighted by molar-refractivity contribution is 7.73. The topological polar surface area (TPSA) is 179 Å². The molecule has 2 aromatic heterocycles. The minimum Gasteiger partial charge on any atom is -0.456 e. The fourth-order valence-corrected chi connectivity index (χ4v) is 11.8. The summed E-state index contributed by atoms with van der Waals surface area (Å²) in [5, 5.41) is 3.16. The molecule has 1 unspecified atom stereocenters. The predicted octanol–water partition coefficient (Wildman–Crippen LogP) is 6.56. The zero-order chi connectivity index (χ0) is 35.9. The number of nitrogens with one attached hydrogen (secondary N) is 1. The number of aromatic nitrogens is 4. The molecule has 0 amide bonds. The van der Waals surface area contributed by atoms with Crippen molar-refractivity contribution in [3.05, 3.63) is 47.5 Å². The van der Waals surface area contributed by atoms with Gasteiger partial charge in [0.1, 0.15) is 12.0 Å². The van der Waals surface area contributed by atoms with E-state index in [0.717, 1.165) is 5.56 Å². The Morgan fingerprint density at radius 3 is 2.22 bits per heavy atom. The zero-order valence-electron chi connectivity index (χ0n) is 28.6. The normalized spacial score (nSPS) is 20.9. The predicted molar refractivity (Wildman–Crippen MR) is 183 cm³/mol. The number of benzene rings is 1. The monoisotopic (exact) mass is 743 g/mol. The zero-order valence-corrected chi connectivity index (χ0v) is 31.2. The van der Waals surface area contributed by atoms with Crippen LogP contribution in [0.3, 0.4) is 0 Å². The van der Waals surface area contributed by atoms with Crippen molar-refractivity contribution in [3.63, 3.8) is 0 Å². The number of halogens is 1. The summed E-state index contributed by atoms with van der Waals surface area (Å²) in [7, 11) is -7.54. The number of hydrogen-bond donors (Lipinski definition) is 1. The van der Waals surface area contributed by atoms with Gasteiger partial charge in [0, 0.05) is 26.6 Å². The van der Waals surface area contributed by atoms with Crippen LogP contribution in [0.2, 0.25) is 5.28 Å². The molecule has 0 aliphatic carbocycles. The molecule has 1 aliphatic rings. The molecule has 3 aromatic rings. The Morgan fingerprint density at radius 1 is 1.00 bits per heavy atom. The van der Waals surface area contributed by atoms with Crippen LogP contribution in [0, 0.1) is 0 Å². The summed E-state index contributed by atoms with van der Waals surface area (Å²) in [6, 6.07) is 9.66. The lowest BCUT2D eigenvalue weighted by Crippen LogP contribution is -2.39. The Labute approximate surface area is 290 Å². The van der Waals surface area contributed by atoms with Crippen molar-refractivity contribution >= 4 is 55.5 Å². The van der Waals surface area contributed by atoms with E-state index in [9.17, 15) is 18.7 Å². The molecular weight excluding hydrogens is 700 g/mol. The Bertz CT molecular complexity index is 1680. The second-order valence-electron chi connectivity index (χ2n) is 12.0. The Morgan fingerprint density at radius 2 is 1.63 bits per heavy atom. The third-order valence-electron chi connectivity index (χ3n) is 7.11. The standard InChI is InChI=1S/C31H44ClN5O10P2/c1-8-42-48(40,18-49(41,46-19(2)3)47-20(4)5)15-14-24-26(43-21(6)38)27(44-22(7)39)30(45-24)37-17-34-25-28(35-31(32)36-29(25)37)33-16-23-12-10-9-11-13-23/h9-13,17,19-20,24,26-27,30H,8,14-16,18H2,1-7H3,(H,33,35,36)/t24-,26-,27-,30-,48?/m1/s1. The van der Waals surface area contributed by atoms with E-state index in [1.807, 2.05) is 30.3 Å². The van der Waals surface area contributed by atoms with Crippen molar-refractivity contribution in [2.75, 3.05) is 24.0 Å². The van der Waals surface area contributed by atoms with Gasteiger partial charge in [-0.2, -0.15) is 9.97 Å². The van der Waals surface area contributed by atoms with Gasteiger partial charge in [-0.3, -0.25) is 23.3 Å². The number of nitrogens with zero attached hydrogens (tertiary/aromatic N) is 4. The molecule has 1 aromatic carbocycles. The first kappa shape index (κ1) is 38.9. The molecule has 49 heavy (non-hydrogen) atoms. The molecule has 5 atom stereocenters. The Balaban J connectivity index is 1.67. The van der Waals surface area contributed by atoms with Crippen molar-refractivity contribution < 1.29 is 46.5 Å². The van der Waals surface area contributed by atoms with Crippen LogP contribution in [-0.2, 0) is 53.0 Å². The van der Waals surface area contributed by atoms with E-state index in [0.29, 0.717) is 17.9 Å². The van der Waals surface area contributed by atoms with Crippen LogP contribution in [0.15, 0.2) is 36.7 Å². The van der Waals surface area contributed by atoms with Gasteiger partial charge in [-0.1, -0.05) is 30.3 Å². The molecular formula is C31H44ClN5O10P2. The van der Waals surface area contributed by atoms with E-state index in [1.54, 1.807) is 34.6 Å². The molecule has 18 heteroatoms. The molecule has 1 saturated heterocycles. The first-order valence-electron chi connectivity index (χ1n) is 16.0. The smallest absolute Gasteiger partial charge is 0.340 e. The summed E-state index contributed by atoms with van der Waals surface area (Å²) < 4.78 is 64.2. The highest BCUT2D eigenvalue weighted by Crippen LogP contribution is 2.65. The molecule has 270 valence electrons. The minimum absolute atomic E-state index is 0.000895. The van der Waals surface area contributed by atoms with Gasteiger partial charge in [0.2, 0.25) is 12.7 Å². The number of fused-ring (bicyclic) bond motifs is 1.